The monoisotopic (exact) mass is 519 g/mol. The van der Waals surface area contributed by atoms with Crippen molar-refractivity contribution in [2.24, 2.45) is 0 Å². The van der Waals surface area contributed by atoms with Gasteiger partial charge in [0.25, 0.3) is 5.91 Å². The van der Waals surface area contributed by atoms with Gasteiger partial charge in [-0.05, 0) is 42.5 Å². The molecule has 7 nitrogen and oxygen atoms in total. The molecule has 0 unspecified atom stereocenters. The van der Waals surface area contributed by atoms with Crippen LogP contribution in [0.5, 0.6) is 0 Å². The van der Waals surface area contributed by atoms with Crippen LogP contribution in [0.3, 0.4) is 0 Å². The summed E-state index contributed by atoms with van der Waals surface area (Å²) < 4.78 is 3.62. The summed E-state index contributed by atoms with van der Waals surface area (Å²) in [5, 5.41) is 8.09. The molecule has 0 aliphatic rings. The lowest BCUT2D eigenvalue weighted by atomic mass is 10.2. The number of anilines is 1. The molecule has 2 heterocycles. The number of fused-ring (bicyclic) bond motifs is 1. The number of nitrogens with zero attached hydrogens (tertiary/aromatic N) is 4. The third kappa shape index (κ3) is 3.94. The highest BCUT2D eigenvalue weighted by molar-refractivity contribution is 9.10. The third-order valence-electron chi connectivity index (χ3n) is 5.04. The Morgan fingerprint density at radius 3 is 2.30 bits per heavy atom. The second-order valence-electron chi connectivity index (χ2n) is 7.12. The Labute approximate surface area is 201 Å². The lowest BCUT2D eigenvalue weighted by Gasteiger charge is -2.15. The standard InChI is InChI=1S/C24H15BrClN5O2/c25-15-11-12-20(26)18(13-15)23(32)28-21-19-14-27-31(17-9-5-2-6-10-17)22(19)29-24(33)30(21)16-7-3-1-4-8-16/h1-14H,(H,28,32). The minimum atomic E-state index is -0.554. The first-order valence-electron chi connectivity index (χ1n) is 9.91. The van der Waals surface area contributed by atoms with Crippen LogP contribution >= 0.6 is 27.5 Å². The summed E-state index contributed by atoms with van der Waals surface area (Å²) in [5.74, 6) is -0.218. The molecule has 0 aliphatic heterocycles. The smallest absolute Gasteiger partial charge is 0.307 e. The molecule has 1 amide bonds. The normalized spacial score (nSPS) is 11.0. The Kier molecular flexibility index (Phi) is 5.53. The number of nitrogens with one attached hydrogen (secondary N) is 1. The number of hydrogen-bond acceptors (Lipinski definition) is 4. The van der Waals surface area contributed by atoms with Crippen molar-refractivity contribution in [2.75, 3.05) is 5.32 Å². The molecule has 0 saturated heterocycles. The van der Waals surface area contributed by atoms with Gasteiger partial charge in [0.1, 0.15) is 5.82 Å². The highest BCUT2D eigenvalue weighted by Crippen LogP contribution is 2.27. The topological polar surface area (TPSA) is 81.8 Å². The van der Waals surface area contributed by atoms with E-state index in [2.05, 4.69) is 31.3 Å². The number of amides is 1. The highest BCUT2D eigenvalue weighted by atomic mass is 79.9. The Hall–Kier alpha value is -3.75. The van der Waals surface area contributed by atoms with Crippen molar-refractivity contribution in [1.29, 1.82) is 0 Å². The number of benzene rings is 3. The maximum absolute atomic E-state index is 13.2. The number of para-hydroxylation sites is 2. The van der Waals surface area contributed by atoms with E-state index < -0.39 is 11.6 Å². The fraction of sp³-hybridized carbons (Fsp3) is 0. The molecule has 33 heavy (non-hydrogen) atoms. The second-order valence-corrected chi connectivity index (χ2v) is 8.44. The number of aromatic nitrogens is 4. The molecular weight excluding hydrogens is 506 g/mol. The van der Waals surface area contributed by atoms with Gasteiger partial charge in [-0.15, -0.1) is 0 Å². The van der Waals surface area contributed by atoms with Gasteiger partial charge in [-0.2, -0.15) is 10.1 Å². The van der Waals surface area contributed by atoms with Gasteiger partial charge in [0.2, 0.25) is 0 Å². The summed E-state index contributed by atoms with van der Waals surface area (Å²) in [5.41, 5.74) is 1.33. The van der Waals surface area contributed by atoms with Crippen molar-refractivity contribution in [3.63, 3.8) is 0 Å². The van der Waals surface area contributed by atoms with Crippen LogP contribution in [0.25, 0.3) is 22.4 Å². The Balaban J connectivity index is 1.74. The van der Waals surface area contributed by atoms with Crippen LogP contribution in [0, 0.1) is 0 Å². The minimum absolute atomic E-state index is 0.249. The zero-order chi connectivity index (χ0) is 22.9. The quantitative estimate of drug-likeness (QED) is 0.351. The number of rotatable bonds is 4. The Morgan fingerprint density at radius 1 is 0.939 bits per heavy atom. The summed E-state index contributed by atoms with van der Waals surface area (Å²) in [7, 11) is 0. The first-order chi connectivity index (χ1) is 16.0. The van der Waals surface area contributed by atoms with Gasteiger partial charge in [0, 0.05) is 4.47 Å². The van der Waals surface area contributed by atoms with Gasteiger partial charge in [-0.1, -0.05) is 63.9 Å². The van der Waals surface area contributed by atoms with Crippen LogP contribution in [-0.2, 0) is 0 Å². The van der Waals surface area contributed by atoms with Crippen LogP contribution in [0.1, 0.15) is 10.4 Å². The van der Waals surface area contributed by atoms with Crippen molar-refractivity contribution in [3.05, 3.63) is 111 Å². The average Bonchev–Trinajstić information content (AvgIpc) is 3.25. The van der Waals surface area contributed by atoms with Gasteiger partial charge >= 0.3 is 5.69 Å². The van der Waals surface area contributed by atoms with Crippen molar-refractivity contribution in [1.82, 2.24) is 19.3 Å². The van der Waals surface area contributed by atoms with E-state index in [0.717, 1.165) is 5.69 Å². The summed E-state index contributed by atoms with van der Waals surface area (Å²) in [4.78, 5) is 30.7. The first kappa shape index (κ1) is 21.1. The lowest BCUT2D eigenvalue weighted by molar-refractivity contribution is 0.102. The molecule has 2 aromatic heterocycles. The van der Waals surface area contributed by atoms with E-state index in [1.54, 1.807) is 53.3 Å². The van der Waals surface area contributed by atoms with Crippen LogP contribution in [0.2, 0.25) is 5.02 Å². The summed E-state index contributed by atoms with van der Waals surface area (Å²) in [6.45, 7) is 0. The van der Waals surface area contributed by atoms with E-state index in [9.17, 15) is 9.59 Å². The molecule has 3 aromatic carbocycles. The maximum atomic E-state index is 13.2. The average molecular weight is 521 g/mol. The molecule has 0 radical (unpaired) electrons. The zero-order valence-corrected chi connectivity index (χ0v) is 19.3. The maximum Gasteiger partial charge on any atom is 0.355 e. The predicted octanol–water partition coefficient (Wildman–Crippen LogP) is 5.24. The van der Waals surface area contributed by atoms with E-state index in [4.69, 9.17) is 11.6 Å². The van der Waals surface area contributed by atoms with Crippen LogP contribution in [0.4, 0.5) is 5.82 Å². The fourth-order valence-corrected chi connectivity index (χ4v) is 4.08. The highest BCUT2D eigenvalue weighted by Gasteiger charge is 2.21. The van der Waals surface area contributed by atoms with Crippen molar-refractivity contribution in [2.45, 2.75) is 0 Å². The largest absolute Gasteiger partial charge is 0.355 e. The molecule has 5 aromatic rings. The zero-order valence-electron chi connectivity index (χ0n) is 16.9. The van der Waals surface area contributed by atoms with E-state index in [1.807, 2.05) is 36.4 Å². The fourth-order valence-electron chi connectivity index (χ4n) is 3.52. The molecule has 162 valence electrons. The second kappa shape index (κ2) is 8.65. The molecule has 0 saturated carbocycles. The molecule has 9 heteroatoms. The molecule has 0 bridgehead atoms. The lowest BCUT2D eigenvalue weighted by Crippen LogP contribution is -2.27. The number of carbonyl (C=O) groups is 1. The first-order valence-corrected chi connectivity index (χ1v) is 11.1. The van der Waals surface area contributed by atoms with E-state index in [0.29, 0.717) is 21.2 Å². The van der Waals surface area contributed by atoms with E-state index in [-0.39, 0.29) is 16.4 Å². The molecule has 0 aliphatic carbocycles. The molecule has 0 atom stereocenters. The van der Waals surface area contributed by atoms with Crippen LogP contribution in [-0.4, -0.2) is 25.2 Å². The Bertz CT molecular complexity index is 1550. The van der Waals surface area contributed by atoms with Crippen LogP contribution < -0.4 is 11.0 Å². The summed E-state index contributed by atoms with van der Waals surface area (Å²) in [6, 6.07) is 23.3. The van der Waals surface area contributed by atoms with Crippen molar-refractivity contribution >= 4 is 50.3 Å². The van der Waals surface area contributed by atoms with Gasteiger partial charge in [0.15, 0.2) is 5.65 Å². The van der Waals surface area contributed by atoms with Gasteiger partial charge in [-0.3, -0.25) is 4.79 Å². The number of halogens is 2. The SMILES string of the molecule is O=C(Nc1c2cnn(-c3ccccc3)c2nc(=O)n1-c1ccccc1)c1cc(Br)ccc1Cl. The van der Waals surface area contributed by atoms with Gasteiger partial charge in [-0.25, -0.2) is 14.0 Å². The molecular formula is C24H15BrClN5O2. The van der Waals surface area contributed by atoms with Gasteiger partial charge in [0.05, 0.1) is 33.5 Å². The van der Waals surface area contributed by atoms with E-state index in [1.165, 1.54) is 4.57 Å². The molecule has 0 fully saturated rings. The Morgan fingerprint density at radius 2 is 1.61 bits per heavy atom. The predicted molar refractivity (Wildman–Crippen MR) is 132 cm³/mol. The summed E-state index contributed by atoms with van der Waals surface area (Å²) in [6.07, 6.45) is 1.58. The third-order valence-corrected chi connectivity index (χ3v) is 5.86. The molecule has 1 N–H and O–H groups in total. The summed E-state index contributed by atoms with van der Waals surface area (Å²) >= 11 is 9.63. The molecule has 0 spiro atoms. The van der Waals surface area contributed by atoms with Gasteiger partial charge < -0.3 is 5.32 Å². The number of hydrogen-bond donors (Lipinski definition) is 1. The van der Waals surface area contributed by atoms with Crippen molar-refractivity contribution in [3.8, 4) is 11.4 Å². The van der Waals surface area contributed by atoms with E-state index >= 15 is 0 Å². The van der Waals surface area contributed by atoms with Crippen LogP contribution in [0.15, 0.2) is 94.3 Å². The number of carbonyl (C=O) groups excluding carboxylic acids is 1. The van der Waals surface area contributed by atoms with Crippen molar-refractivity contribution < 1.29 is 4.79 Å². The minimum Gasteiger partial charge on any atom is -0.307 e. The molecule has 5 rings (SSSR count).